The second-order valence-corrected chi connectivity index (χ2v) is 6.10. The Kier molecular flexibility index (Phi) is 3.91. The van der Waals surface area contributed by atoms with E-state index in [1.165, 1.54) is 38.8 Å². The molecule has 5 atom stereocenters. The lowest BCUT2D eigenvalue weighted by Gasteiger charge is -2.30. The van der Waals surface area contributed by atoms with Gasteiger partial charge in [0.2, 0.25) is 0 Å². The highest BCUT2D eigenvalue weighted by molar-refractivity contribution is 4.94. The summed E-state index contributed by atoms with van der Waals surface area (Å²) in [7, 11) is 0. The number of nitrogens with two attached hydrogens (primary N) is 1. The third-order valence-electron chi connectivity index (χ3n) is 5.23. The maximum absolute atomic E-state index is 6.26. The first-order chi connectivity index (χ1) is 7.63. The maximum Gasteiger partial charge on any atom is 0.00927 e. The predicted molar refractivity (Wildman–Crippen MR) is 69.3 cm³/mol. The minimum atomic E-state index is 0.480. The highest BCUT2D eigenvalue weighted by Gasteiger charge is 2.40. The van der Waals surface area contributed by atoms with E-state index in [9.17, 15) is 0 Å². The smallest absolute Gasteiger partial charge is 0.00927 e. The van der Waals surface area contributed by atoms with Crippen molar-refractivity contribution in [2.45, 2.75) is 58.5 Å². The van der Waals surface area contributed by atoms with E-state index in [0.717, 1.165) is 23.8 Å². The highest BCUT2D eigenvalue weighted by Crippen LogP contribution is 2.37. The molecule has 2 aliphatic rings. The Morgan fingerprint density at radius 1 is 1.25 bits per heavy atom. The number of nitrogens with zero attached hydrogens (tertiary/aromatic N) is 1. The van der Waals surface area contributed by atoms with E-state index in [1.54, 1.807) is 0 Å². The van der Waals surface area contributed by atoms with Crippen molar-refractivity contribution >= 4 is 0 Å². The van der Waals surface area contributed by atoms with Gasteiger partial charge in [-0.25, -0.2) is 0 Å². The molecule has 2 fully saturated rings. The van der Waals surface area contributed by atoms with Gasteiger partial charge < -0.3 is 5.73 Å². The first-order valence-electron chi connectivity index (χ1n) is 7.13. The molecule has 0 aromatic heterocycles. The third kappa shape index (κ3) is 2.28. The third-order valence-corrected chi connectivity index (χ3v) is 5.23. The predicted octanol–water partition coefficient (Wildman–Crippen LogP) is 2.48. The standard InChI is InChI=1S/C14H28N2/c1-4-10(2)11(3)16-8-12-6-5-7-14(15)13(12)9-16/h10-14H,4-9,15H2,1-3H3. The van der Waals surface area contributed by atoms with E-state index >= 15 is 0 Å². The Bertz CT molecular complexity index is 229. The minimum absolute atomic E-state index is 0.480. The molecule has 2 nitrogen and oxygen atoms in total. The molecule has 0 aromatic carbocycles. The van der Waals surface area contributed by atoms with E-state index < -0.39 is 0 Å². The van der Waals surface area contributed by atoms with Gasteiger partial charge in [-0.2, -0.15) is 0 Å². The van der Waals surface area contributed by atoms with Crippen LogP contribution in [0.15, 0.2) is 0 Å². The molecule has 0 aromatic rings. The number of likely N-dealkylation sites (tertiary alicyclic amines) is 1. The van der Waals surface area contributed by atoms with Crippen molar-refractivity contribution in [1.82, 2.24) is 4.90 Å². The summed E-state index contributed by atoms with van der Waals surface area (Å²) in [6.45, 7) is 9.65. The molecule has 2 heteroatoms. The molecule has 16 heavy (non-hydrogen) atoms. The molecule has 1 saturated carbocycles. The van der Waals surface area contributed by atoms with Gasteiger partial charge in [-0.15, -0.1) is 0 Å². The molecule has 0 bridgehead atoms. The monoisotopic (exact) mass is 224 g/mol. The van der Waals surface area contributed by atoms with Crippen LogP contribution in [0.25, 0.3) is 0 Å². The van der Waals surface area contributed by atoms with E-state index in [1.807, 2.05) is 0 Å². The van der Waals surface area contributed by atoms with Crippen molar-refractivity contribution in [2.24, 2.45) is 23.5 Å². The van der Waals surface area contributed by atoms with Gasteiger partial charge in [0.1, 0.15) is 0 Å². The Morgan fingerprint density at radius 2 is 2.00 bits per heavy atom. The zero-order valence-electron chi connectivity index (χ0n) is 11.2. The van der Waals surface area contributed by atoms with Crippen LogP contribution in [-0.2, 0) is 0 Å². The van der Waals surface area contributed by atoms with Gasteiger partial charge in [0.25, 0.3) is 0 Å². The SMILES string of the molecule is CCC(C)C(C)N1CC2CCCC(N)C2C1. The first kappa shape index (κ1) is 12.4. The van der Waals surface area contributed by atoms with Crippen molar-refractivity contribution in [3.8, 4) is 0 Å². The van der Waals surface area contributed by atoms with Crippen molar-refractivity contribution in [2.75, 3.05) is 13.1 Å². The number of hydrogen-bond acceptors (Lipinski definition) is 2. The van der Waals surface area contributed by atoms with E-state index in [4.69, 9.17) is 5.73 Å². The second-order valence-electron chi connectivity index (χ2n) is 6.10. The summed E-state index contributed by atoms with van der Waals surface area (Å²) >= 11 is 0. The first-order valence-corrected chi connectivity index (χ1v) is 7.13. The van der Waals surface area contributed by atoms with Crippen molar-refractivity contribution in [3.63, 3.8) is 0 Å². The Balaban J connectivity index is 1.95. The van der Waals surface area contributed by atoms with Crippen LogP contribution in [-0.4, -0.2) is 30.1 Å². The van der Waals surface area contributed by atoms with Crippen LogP contribution in [0.5, 0.6) is 0 Å². The van der Waals surface area contributed by atoms with Gasteiger partial charge in [0, 0.05) is 25.2 Å². The van der Waals surface area contributed by atoms with Gasteiger partial charge >= 0.3 is 0 Å². The zero-order valence-corrected chi connectivity index (χ0v) is 11.2. The Labute approximate surface area is 101 Å². The molecular formula is C14H28N2. The quantitative estimate of drug-likeness (QED) is 0.798. The Morgan fingerprint density at radius 3 is 2.62 bits per heavy atom. The lowest BCUT2D eigenvalue weighted by molar-refractivity contribution is 0.185. The lowest BCUT2D eigenvalue weighted by atomic mass is 9.78. The largest absolute Gasteiger partial charge is 0.327 e. The molecule has 0 radical (unpaired) electrons. The molecule has 0 amide bonds. The summed E-state index contributed by atoms with van der Waals surface area (Å²) in [5.41, 5.74) is 6.26. The maximum atomic E-state index is 6.26. The fourth-order valence-electron chi connectivity index (χ4n) is 3.58. The van der Waals surface area contributed by atoms with Gasteiger partial charge in [0.15, 0.2) is 0 Å². The molecule has 1 aliphatic carbocycles. The van der Waals surface area contributed by atoms with Crippen LogP contribution in [0, 0.1) is 17.8 Å². The molecule has 2 rings (SSSR count). The van der Waals surface area contributed by atoms with E-state index in [2.05, 4.69) is 25.7 Å². The van der Waals surface area contributed by atoms with Crippen LogP contribution in [0.2, 0.25) is 0 Å². The molecule has 2 N–H and O–H groups in total. The molecule has 1 heterocycles. The number of rotatable bonds is 3. The summed E-state index contributed by atoms with van der Waals surface area (Å²) < 4.78 is 0. The van der Waals surface area contributed by atoms with E-state index in [-0.39, 0.29) is 0 Å². The molecular weight excluding hydrogens is 196 g/mol. The number of fused-ring (bicyclic) bond motifs is 1. The minimum Gasteiger partial charge on any atom is -0.327 e. The lowest BCUT2D eigenvalue weighted by Crippen LogP contribution is -2.39. The van der Waals surface area contributed by atoms with Gasteiger partial charge in [-0.3, -0.25) is 4.90 Å². The summed E-state index contributed by atoms with van der Waals surface area (Å²) in [6, 6.07) is 1.22. The molecule has 94 valence electrons. The van der Waals surface area contributed by atoms with Crippen LogP contribution >= 0.6 is 0 Å². The average Bonchev–Trinajstić information content (AvgIpc) is 2.72. The topological polar surface area (TPSA) is 29.3 Å². The van der Waals surface area contributed by atoms with Crippen molar-refractivity contribution in [1.29, 1.82) is 0 Å². The average molecular weight is 224 g/mol. The van der Waals surface area contributed by atoms with Crippen molar-refractivity contribution in [3.05, 3.63) is 0 Å². The molecule has 1 aliphatic heterocycles. The summed E-state index contributed by atoms with van der Waals surface area (Å²) in [5.74, 6) is 2.51. The molecule has 1 saturated heterocycles. The highest BCUT2D eigenvalue weighted by atomic mass is 15.2. The second kappa shape index (κ2) is 5.05. The van der Waals surface area contributed by atoms with Gasteiger partial charge in [0.05, 0.1) is 0 Å². The van der Waals surface area contributed by atoms with Gasteiger partial charge in [-0.05, 0) is 37.5 Å². The number of hydrogen-bond donors (Lipinski definition) is 1. The normalized spacial score (nSPS) is 39.4. The van der Waals surface area contributed by atoms with Crippen LogP contribution in [0.3, 0.4) is 0 Å². The fourth-order valence-corrected chi connectivity index (χ4v) is 3.58. The molecule has 5 unspecified atom stereocenters. The summed E-state index contributed by atoms with van der Waals surface area (Å²) in [4.78, 5) is 2.70. The van der Waals surface area contributed by atoms with Gasteiger partial charge in [-0.1, -0.05) is 26.7 Å². The fraction of sp³-hybridized carbons (Fsp3) is 1.00. The van der Waals surface area contributed by atoms with Crippen LogP contribution < -0.4 is 5.73 Å². The zero-order chi connectivity index (χ0) is 11.7. The van der Waals surface area contributed by atoms with Crippen molar-refractivity contribution < 1.29 is 0 Å². The van der Waals surface area contributed by atoms with Crippen LogP contribution in [0.4, 0.5) is 0 Å². The van der Waals surface area contributed by atoms with E-state index in [0.29, 0.717) is 6.04 Å². The Hall–Kier alpha value is -0.0800. The summed E-state index contributed by atoms with van der Waals surface area (Å²) in [6.07, 6.45) is 5.32. The summed E-state index contributed by atoms with van der Waals surface area (Å²) in [5, 5.41) is 0. The molecule has 0 spiro atoms. The van der Waals surface area contributed by atoms with Crippen LogP contribution in [0.1, 0.15) is 46.5 Å².